The van der Waals surface area contributed by atoms with E-state index >= 15 is 0 Å². The van der Waals surface area contributed by atoms with Crippen LogP contribution in [0, 0.1) is 6.92 Å². The van der Waals surface area contributed by atoms with Crippen LogP contribution in [0.1, 0.15) is 18.3 Å². The van der Waals surface area contributed by atoms with Crippen LogP contribution in [0.3, 0.4) is 0 Å². The second-order valence-electron chi connectivity index (χ2n) is 7.79. The van der Waals surface area contributed by atoms with Gasteiger partial charge in [0.05, 0.1) is 28.2 Å². The van der Waals surface area contributed by atoms with Gasteiger partial charge in [-0.2, -0.15) is 9.78 Å². The summed E-state index contributed by atoms with van der Waals surface area (Å²) in [7, 11) is 0. The van der Waals surface area contributed by atoms with E-state index in [1.807, 2.05) is 13.0 Å². The van der Waals surface area contributed by atoms with E-state index in [4.69, 9.17) is 21.1 Å². The number of carbonyl (C=O) groups is 1. The summed E-state index contributed by atoms with van der Waals surface area (Å²) in [5.41, 5.74) is 1.57. The molecule has 0 aliphatic rings. The Bertz CT molecular complexity index is 1560. The molecule has 4 rings (SSSR count). The molecule has 8 nitrogen and oxygen atoms in total. The molecule has 1 N–H and O–H groups in total. The van der Waals surface area contributed by atoms with E-state index in [0.717, 1.165) is 4.47 Å². The van der Waals surface area contributed by atoms with Gasteiger partial charge in [0.25, 0.3) is 11.5 Å². The minimum Gasteiger partial charge on any atom is -0.490 e. The molecule has 1 amide bonds. The summed E-state index contributed by atoms with van der Waals surface area (Å²) < 4.78 is 14.1. The first-order valence-electron chi connectivity index (χ1n) is 11.1. The average molecular weight is 649 g/mol. The average Bonchev–Trinajstić information content (AvgIpc) is 2.85. The molecule has 0 radical (unpaired) electrons. The van der Waals surface area contributed by atoms with Crippen LogP contribution in [-0.4, -0.2) is 35.0 Å². The van der Waals surface area contributed by atoms with Crippen LogP contribution in [0.15, 0.2) is 73.4 Å². The van der Waals surface area contributed by atoms with Gasteiger partial charge in [-0.15, -0.1) is 0 Å². The van der Waals surface area contributed by atoms with Crippen LogP contribution >= 0.6 is 43.5 Å². The maximum atomic E-state index is 13.0. The van der Waals surface area contributed by atoms with Gasteiger partial charge in [-0.3, -0.25) is 9.59 Å². The molecule has 0 spiro atoms. The zero-order valence-corrected chi connectivity index (χ0v) is 23.7. The van der Waals surface area contributed by atoms with Crippen LogP contribution in [0.2, 0.25) is 5.02 Å². The number of ether oxygens (including phenoxy) is 2. The SMILES string of the molecule is CCOc1cc(C=Nn2c(C)nc3ccc(Br)cc3c2=O)cc(Br)c1OCC(=O)Nc1ccc(Cl)cc1. The van der Waals surface area contributed by atoms with Crippen LogP contribution < -0.4 is 20.3 Å². The van der Waals surface area contributed by atoms with Gasteiger partial charge in [-0.1, -0.05) is 27.5 Å². The molecule has 0 unspecified atom stereocenters. The molecular weight excluding hydrogens is 628 g/mol. The van der Waals surface area contributed by atoms with Crippen molar-refractivity contribution in [2.24, 2.45) is 5.10 Å². The number of hydrogen-bond donors (Lipinski definition) is 1. The first-order valence-corrected chi connectivity index (χ1v) is 13.1. The number of aromatic nitrogens is 2. The van der Waals surface area contributed by atoms with Crippen LogP contribution in [-0.2, 0) is 4.79 Å². The second-order valence-corrected chi connectivity index (χ2v) is 10.00. The predicted molar refractivity (Wildman–Crippen MR) is 152 cm³/mol. The molecule has 37 heavy (non-hydrogen) atoms. The second kappa shape index (κ2) is 11.9. The lowest BCUT2D eigenvalue weighted by Gasteiger charge is -2.14. The summed E-state index contributed by atoms with van der Waals surface area (Å²) >= 11 is 12.8. The number of fused-ring (bicyclic) bond motifs is 1. The molecule has 11 heteroatoms. The number of benzene rings is 3. The van der Waals surface area contributed by atoms with E-state index in [2.05, 4.69) is 47.3 Å². The summed E-state index contributed by atoms with van der Waals surface area (Å²) in [6.45, 7) is 3.70. The largest absolute Gasteiger partial charge is 0.490 e. The Morgan fingerprint density at radius 3 is 2.62 bits per heavy atom. The smallest absolute Gasteiger partial charge is 0.282 e. The number of carbonyl (C=O) groups excluding carboxylic acids is 1. The van der Waals surface area contributed by atoms with Gasteiger partial charge in [0.1, 0.15) is 5.82 Å². The van der Waals surface area contributed by atoms with Gasteiger partial charge in [0.2, 0.25) is 0 Å². The van der Waals surface area contributed by atoms with Crippen molar-refractivity contribution in [2.45, 2.75) is 13.8 Å². The summed E-state index contributed by atoms with van der Waals surface area (Å²) in [6.07, 6.45) is 1.53. The van der Waals surface area contributed by atoms with Crippen LogP contribution in [0.4, 0.5) is 5.69 Å². The maximum Gasteiger partial charge on any atom is 0.282 e. The third kappa shape index (κ3) is 6.57. The number of aryl methyl sites for hydroxylation is 1. The van der Waals surface area contributed by atoms with Gasteiger partial charge in [-0.05, 0) is 89.9 Å². The third-order valence-corrected chi connectivity index (χ3v) is 6.43. The molecule has 3 aromatic carbocycles. The summed E-state index contributed by atoms with van der Waals surface area (Å²) in [5.74, 6) is 0.900. The molecule has 0 atom stereocenters. The molecule has 0 bridgehead atoms. The lowest BCUT2D eigenvalue weighted by atomic mass is 10.2. The normalized spacial score (nSPS) is 11.2. The number of nitrogens with one attached hydrogen (secondary N) is 1. The van der Waals surface area contributed by atoms with Crippen molar-refractivity contribution in [1.82, 2.24) is 9.66 Å². The van der Waals surface area contributed by atoms with Crippen LogP contribution in [0.5, 0.6) is 11.5 Å². The zero-order chi connectivity index (χ0) is 26.5. The number of halogens is 3. The monoisotopic (exact) mass is 646 g/mol. The molecular formula is C26H21Br2ClN4O4. The molecule has 0 aliphatic heterocycles. The lowest BCUT2D eigenvalue weighted by molar-refractivity contribution is -0.118. The number of rotatable bonds is 8. The van der Waals surface area contributed by atoms with Crippen molar-refractivity contribution in [3.05, 3.63) is 90.3 Å². The Morgan fingerprint density at radius 2 is 1.89 bits per heavy atom. The van der Waals surface area contributed by atoms with Crippen molar-refractivity contribution in [3.8, 4) is 11.5 Å². The molecule has 1 heterocycles. The van der Waals surface area contributed by atoms with Crippen molar-refractivity contribution in [2.75, 3.05) is 18.5 Å². The van der Waals surface area contributed by atoms with Crippen LogP contribution in [0.25, 0.3) is 10.9 Å². The van der Waals surface area contributed by atoms with Crippen molar-refractivity contribution < 1.29 is 14.3 Å². The van der Waals surface area contributed by atoms with E-state index in [1.165, 1.54) is 10.9 Å². The highest BCUT2D eigenvalue weighted by atomic mass is 79.9. The summed E-state index contributed by atoms with van der Waals surface area (Å²) in [4.78, 5) is 29.8. The minimum atomic E-state index is -0.340. The van der Waals surface area contributed by atoms with Gasteiger partial charge in [-0.25, -0.2) is 4.98 Å². The Morgan fingerprint density at radius 1 is 1.14 bits per heavy atom. The fraction of sp³-hybridized carbons (Fsp3) is 0.154. The Kier molecular flexibility index (Phi) is 8.63. The lowest BCUT2D eigenvalue weighted by Crippen LogP contribution is -2.21. The number of amides is 1. The molecule has 1 aromatic heterocycles. The van der Waals surface area contributed by atoms with Crippen molar-refractivity contribution in [3.63, 3.8) is 0 Å². The van der Waals surface area contributed by atoms with E-state index in [1.54, 1.807) is 55.5 Å². The van der Waals surface area contributed by atoms with Gasteiger partial charge in [0.15, 0.2) is 18.1 Å². The Balaban J connectivity index is 1.56. The molecule has 0 saturated heterocycles. The number of nitrogens with zero attached hydrogens (tertiary/aromatic N) is 3. The third-order valence-electron chi connectivity index (χ3n) is 5.10. The molecule has 0 aliphatic carbocycles. The standard InChI is InChI=1S/C26H21Br2ClN4O4/c1-3-36-23-11-16(13-30-33-15(2)31-22-9-4-17(27)12-20(22)26(33)35)10-21(28)25(23)37-14-24(34)32-19-7-5-18(29)6-8-19/h4-13H,3,14H2,1-2H3,(H,32,34). The zero-order valence-electron chi connectivity index (χ0n) is 19.8. The highest BCUT2D eigenvalue weighted by molar-refractivity contribution is 9.10. The van der Waals surface area contributed by atoms with E-state index < -0.39 is 0 Å². The Labute approximate surface area is 234 Å². The fourth-order valence-electron chi connectivity index (χ4n) is 3.45. The first-order chi connectivity index (χ1) is 17.7. The van der Waals surface area contributed by atoms with Crippen molar-refractivity contribution >= 4 is 72.2 Å². The van der Waals surface area contributed by atoms with Gasteiger partial charge >= 0.3 is 0 Å². The molecule has 190 valence electrons. The molecule has 0 fully saturated rings. The predicted octanol–water partition coefficient (Wildman–Crippen LogP) is 6.18. The maximum absolute atomic E-state index is 13.0. The fourth-order valence-corrected chi connectivity index (χ4v) is 4.51. The van der Waals surface area contributed by atoms with E-state index in [-0.39, 0.29) is 18.1 Å². The molecule has 0 saturated carbocycles. The van der Waals surface area contributed by atoms with E-state index in [9.17, 15) is 9.59 Å². The first kappa shape index (κ1) is 26.8. The number of anilines is 1. The number of hydrogen-bond acceptors (Lipinski definition) is 6. The summed E-state index contributed by atoms with van der Waals surface area (Å²) in [6, 6.07) is 15.6. The van der Waals surface area contributed by atoms with Gasteiger partial charge < -0.3 is 14.8 Å². The Hall–Kier alpha value is -3.21. The molecule has 4 aromatic rings. The highest BCUT2D eigenvalue weighted by Gasteiger charge is 2.15. The topological polar surface area (TPSA) is 94.8 Å². The van der Waals surface area contributed by atoms with Crippen molar-refractivity contribution in [1.29, 1.82) is 0 Å². The minimum absolute atomic E-state index is 0.234. The summed E-state index contributed by atoms with van der Waals surface area (Å²) in [5, 5.41) is 8.14. The highest BCUT2D eigenvalue weighted by Crippen LogP contribution is 2.36. The quantitative estimate of drug-likeness (QED) is 0.230. The van der Waals surface area contributed by atoms with E-state index in [0.29, 0.717) is 55.6 Å². The van der Waals surface area contributed by atoms with Gasteiger partial charge in [0, 0.05) is 15.2 Å².